The predicted molar refractivity (Wildman–Crippen MR) is 70.3 cm³/mol. The summed E-state index contributed by atoms with van der Waals surface area (Å²) in [5.41, 5.74) is 8.89. The lowest BCUT2D eigenvalue weighted by molar-refractivity contribution is 0.176. The van der Waals surface area contributed by atoms with E-state index in [0.29, 0.717) is 11.9 Å². The minimum absolute atomic E-state index is 0.271. The largest absolute Gasteiger partial charge is 0.381 e. The van der Waals surface area contributed by atoms with Crippen molar-refractivity contribution in [1.82, 2.24) is 14.5 Å². The van der Waals surface area contributed by atoms with Crippen molar-refractivity contribution >= 4 is 17.1 Å². The van der Waals surface area contributed by atoms with Gasteiger partial charge < -0.3 is 10.5 Å². The Morgan fingerprint density at radius 1 is 1.56 bits per heavy atom. The highest BCUT2D eigenvalue weighted by Crippen LogP contribution is 2.30. The molecule has 0 saturated carbocycles. The molecule has 5 heteroatoms. The lowest BCUT2D eigenvalue weighted by Gasteiger charge is -2.20. The summed E-state index contributed by atoms with van der Waals surface area (Å²) in [6.07, 6.45) is 2.93. The maximum absolute atomic E-state index is 6.04. The molecule has 1 fully saturated rings. The topological polar surface area (TPSA) is 66.0 Å². The Bertz CT molecular complexity index is 572. The standard InChI is InChI=1S/C13H18N4O/c1-8-5-11-12(15-6-8)17(13(14)16-11)9(2)10-3-4-18-7-10/h5-6,9-10H,3-4,7H2,1-2H3,(H2,14,16). The molecule has 2 atom stereocenters. The molecule has 3 rings (SSSR count). The average molecular weight is 246 g/mol. The molecule has 5 nitrogen and oxygen atoms in total. The molecule has 2 aromatic heterocycles. The fourth-order valence-electron chi connectivity index (χ4n) is 2.65. The molecular weight excluding hydrogens is 228 g/mol. The van der Waals surface area contributed by atoms with Gasteiger partial charge in [0.15, 0.2) is 5.65 Å². The summed E-state index contributed by atoms with van der Waals surface area (Å²) in [5.74, 6) is 1.04. The van der Waals surface area contributed by atoms with Crippen LogP contribution < -0.4 is 5.73 Å². The second-order valence-corrected chi connectivity index (χ2v) is 5.06. The smallest absolute Gasteiger partial charge is 0.202 e. The molecule has 2 aromatic rings. The Morgan fingerprint density at radius 2 is 2.39 bits per heavy atom. The van der Waals surface area contributed by atoms with Gasteiger partial charge in [-0.1, -0.05) is 0 Å². The second kappa shape index (κ2) is 4.24. The van der Waals surface area contributed by atoms with Crippen LogP contribution in [0.5, 0.6) is 0 Å². The van der Waals surface area contributed by atoms with E-state index in [1.165, 1.54) is 0 Å². The molecule has 96 valence electrons. The van der Waals surface area contributed by atoms with Gasteiger partial charge in [0, 0.05) is 24.8 Å². The van der Waals surface area contributed by atoms with Crippen molar-refractivity contribution < 1.29 is 4.74 Å². The van der Waals surface area contributed by atoms with Crippen molar-refractivity contribution in [2.75, 3.05) is 18.9 Å². The number of nitrogen functional groups attached to an aromatic ring is 1. The number of imidazole rings is 1. The molecule has 3 heterocycles. The van der Waals surface area contributed by atoms with Crippen LogP contribution in [0.2, 0.25) is 0 Å². The van der Waals surface area contributed by atoms with E-state index in [9.17, 15) is 0 Å². The van der Waals surface area contributed by atoms with Crippen molar-refractivity contribution in [3.63, 3.8) is 0 Å². The maximum Gasteiger partial charge on any atom is 0.202 e. The van der Waals surface area contributed by atoms with Gasteiger partial charge in [0.05, 0.1) is 6.61 Å². The van der Waals surface area contributed by atoms with E-state index < -0.39 is 0 Å². The number of nitrogens with zero attached hydrogens (tertiary/aromatic N) is 3. The van der Waals surface area contributed by atoms with Crippen molar-refractivity contribution in [3.05, 3.63) is 17.8 Å². The van der Waals surface area contributed by atoms with Crippen LogP contribution in [0.1, 0.15) is 24.9 Å². The summed E-state index contributed by atoms with van der Waals surface area (Å²) in [4.78, 5) is 8.88. The van der Waals surface area contributed by atoms with Gasteiger partial charge in [-0.25, -0.2) is 9.97 Å². The number of hydrogen-bond donors (Lipinski definition) is 1. The first-order valence-corrected chi connectivity index (χ1v) is 6.34. The van der Waals surface area contributed by atoms with E-state index in [4.69, 9.17) is 10.5 Å². The first-order valence-electron chi connectivity index (χ1n) is 6.34. The lowest BCUT2D eigenvalue weighted by atomic mass is 10.0. The van der Waals surface area contributed by atoms with E-state index in [1.807, 2.05) is 23.8 Å². The number of ether oxygens (including phenoxy) is 1. The predicted octanol–water partition coefficient (Wildman–Crippen LogP) is 1.92. The van der Waals surface area contributed by atoms with Crippen LogP contribution in [0, 0.1) is 12.8 Å². The van der Waals surface area contributed by atoms with Crippen LogP contribution in [0.4, 0.5) is 5.95 Å². The van der Waals surface area contributed by atoms with Crippen LogP contribution in [0.3, 0.4) is 0 Å². The quantitative estimate of drug-likeness (QED) is 0.879. The molecule has 18 heavy (non-hydrogen) atoms. The highest BCUT2D eigenvalue weighted by atomic mass is 16.5. The molecule has 1 aliphatic heterocycles. The van der Waals surface area contributed by atoms with Crippen molar-refractivity contribution in [2.45, 2.75) is 26.3 Å². The van der Waals surface area contributed by atoms with Gasteiger partial charge in [0.25, 0.3) is 0 Å². The van der Waals surface area contributed by atoms with Crippen molar-refractivity contribution in [3.8, 4) is 0 Å². The number of aromatic nitrogens is 3. The fourth-order valence-corrected chi connectivity index (χ4v) is 2.65. The highest BCUT2D eigenvalue weighted by molar-refractivity contribution is 5.74. The average Bonchev–Trinajstić information content (AvgIpc) is 2.94. The third-order valence-corrected chi connectivity index (χ3v) is 3.75. The van der Waals surface area contributed by atoms with Gasteiger partial charge in [-0.05, 0) is 31.9 Å². The Morgan fingerprint density at radius 3 is 3.11 bits per heavy atom. The molecule has 0 aromatic carbocycles. The molecule has 1 saturated heterocycles. The zero-order chi connectivity index (χ0) is 12.7. The molecule has 0 aliphatic carbocycles. The summed E-state index contributed by atoms with van der Waals surface area (Å²) in [6.45, 7) is 5.81. The lowest BCUT2D eigenvalue weighted by Crippen LogP contribution is -2.18. The third kappa shape index (κ3) is 1.75. The number of fused-ring (bicyclic) bond motifs is 1. The number of anilines is 1. The van der Waals surface area contributed by atoms with E-state index in [-0.39, 0.29) is 6.04 Å². The first-order chi connectivity index (χ1) is 8.66. The molecule has 0 radical (unpaired) electrons. The van der Waals surface area contributed by atoms with Crippen molar-refractivity contribution in [2.24, 2.45) is 5.92 Å². The van der Waals surface area contributed by atoms with Crippen LogP contribution in [-0.2, 0) is 4.74 Å². The minimum atomic E-state index is 0.271. The van der Waals surface area contributed by atoms with E-state index >= 15 is 0 Å². The molecule has 2 unspecified atom stereocenters. The van der Waals surface area contributed by atoms with Gasteiger partial charge in [-0.15, -0.1) is 0 Å². The summed E-state index contributed by atoms with van der Waals surface area (Å²) in [7, 11) is 0. The first kappa shape index (κ1) is 11.5. The summed E-state index contributed by atoms with van der Waals surface area (Å²) < 4.78 is 7.49. The summed E-state index contributed by atoms with van der Waals surface area (Å²) in [5, 5.41) is 0. The highest BCUT2D eigenvalue weighted by Gasteiger charge is 2.26. The SMILES string of the molecule is Cc1cnc2c(c1)nc(N)n2C(C)C1CCOC1. The van der Waals surface area contributed by atoms with Gasteiger partial charge in [0.1, 0.15) is 5.52 Å². The number of pyridine rings is 1. The molecule has 2 N–H and O–H groups in total. The van der Waals surface area contributed by atoms with E-state index in [0.717, 1.165) is 36.4 Å². The third-order valence-electron chi connectivity index (χ3n) is 3.75. The Kier molecular flexibility index (Phi) is 2.70. The van der Waals surface area contributed by atoms with E-state index in [2.05, 4.69) is 16.9 Å². The zero-order valence-electron chi connectivity index (χ0n) is 10.8. The van der Waals surface area contributed by atoms with Gasteiger partial charge in [-0.2, -0.15) is 0 Å². The van der Waals surface area contributed by atoms with Gasteiger partial charge in [0.2, 0.25) is 5.95 Å². The van der Waals surface area contributed by atoms with Crippen LogP contribution in [-0.4, -0.2) is 27.7 Å². The summed E-state index contributed by atoms with van der Waals surface area (Å²) >= 11 is 0. The van der Waals surface area contributed by atoms with Crippen LogP contribution in [0.25, 0.3) is 11.2 Å². The minimum Gasteiger partial charge on any atom is -0.381 e. The zero-order valence-corrected chi connectivity index (χ0v) is 10.8. The molecule has 1 aliphatic rings. The molecule has 0 spiro atoms. The molecular formula is C13H18N4O. The molecule has 0 bridgehead atoms. The van der Waals surface area contributed by atoms with Crippen LogP contribution >= 0.6 is 0 Å². The monoisotopic (exact) mass is 246 g/mol. The Labute approximate surface area is 106 Å². The maximum atomic E-state index is 6.04. The van der Waals surface area contributed by atoms with Crippen LogP contribution in [0.15, 0.2) is 12.3 Å². The Hall–Kier alpha value is -1.62. The molecule has 0 amide bonds. The number of hydrogen-bond acceptors (Lipinski definition) is 4. The Balaban J connectivity index is 2.07. The second-order valence-electron chi connectivity index (χ2n) is 5.06. The summed E-state index contributed by atoms with van der Waals surface area (Å²) in [6, 6.07) is 2.29. The van der Waals surface area contributed by atoms with Crippen molar-refractivity contribution in [1.29, 1.82) is 0 Å². The normalized spacial score (nSPS) is 21.6. The van der Waals surface area contributed by atoms with Gasteiger partial charge >= 0.3 is 0 Å². The number of aryl methyl sites for hydroxylation is 1. The van der Waals surface area contributed by atoms with Gasteiger partial charge in [-0.3, -0.25) is 4.57 Å². The van der Waals surface area contributed by atoms with E-state index in [1.54, 1.807) is 0 Å². The number of rotatable bonds is 2. The fraction of sp³-hybridized carbons (Fsp3) is 0.538. The number of nitrogens with two attached hydrogens (primary N) is 1.